The molecule has 0 radical (unpaired) electrons. The summed E-state index contributed by atoms with van der Waals surface area (Å²) < 4.78 is 11.9. The van der Waals surface area contributed by atoms with Crippen LogP contribution in [0.3, 0.4) is 0 Å². The normalized spacial score (nSPS) is 22.1. The van der Waals surface area contributed by atoms with E-state index in [9.17, 15) is 0 Å². The first kappa shape index (κ1) is 17.8. The summed E-state index contributed by atoms with van der Waals surface area (Å²) in [7, 11) is 0. The number of ether oxygens (including phenoxy) is 2. The summed E-state index contributed by atoms with van der Waals surface area (Å²) in [5.74, 6) is 1.41. The Hall–Kier alpha value is -2.62. The predicted octanol–water partition coefficient (Wildman–Crippen LogP) is 4.97. The van der Waals surface area contributed by atoms with Crippen molar-refractivity contribution in [1.29, 1.82) is 0 Å². The largest absolute Gasteiger partial charge is 0.478 e. The molecule has 0 saturated heterocycles. The number of aliphatic imine (C=N–C) groups is 2. The average Bonchev–Trinajstić information content (AvgIpc) is 3.34. The highest BCUT2D eigenvalue weighted by atomic mass is 16.5. The second-order valence-electron chi connectivity index (χ2n) is 7.97. The molecule has 0 aromatic heterocycles. The van der Waals surface area contributed by atoms with Gasteiger partial charge in [0, 0.05) is 0 Å². The van der Waals surface area contributed by atoms with E-state index in [-0.39, 0.29) is 12.1 Å². The first-order valence-corrected chi connectivity index (χ1v) is 9.49. The maximum atomic E-state index is 5.97. The summed E-state index contributed by atoms with van der Waals surface area (Å²) in [6, 6.07) is 17.0. The molecule has 4 nitrogen and oxygen atoms in total. The van der Waals surface area contributed by atoms with Crippen molar-refractivity contribution >= 4 is 11.8 Å². The van der Waals surface area contributed by atoms with Gasteiger partial charge in [0.05, 0.1) is 0 Å². The fraction of sp³-hybridized carbons (Fsp3) is 0.391. The Labute approximate surface area is 161 Å². The van der Waals surface area contributed by atoms with Crippen LogP contribution in [0.25, 0.3) is 0 Å². The zero-order valence-electron chi connectivity index (χ0n) is 16.4. The molecule has 27 heavy (non-hydrogen) atoms. The number of aryl methyl sites for hydroxylation is 2. The average molecular weight is 362 g/mol. The van der Waals surface area contributed by atoms with Crippen molar-refractivity contribution in [3.8, 4) is 0 Å². The molecule has 4 heteroatoms. The Kier molecular flexibility index (Phi) is 4.50. The molecule has 0 bridgehead atoms. The molecule has 2 heterocycles. The summed E-state index contributed by atoms with van der Waals surface area (Å²) in [5.41, 5.74) is 4.38. The number of rotatable bonds is 4. The molecule has 2 aromatic rings. The third kappa shape index (κ3) is 3.48. The van der Waals surface area contributed by atoms with Crippen molar-refractivity contribution in [3.05, 3.63) is 70.8 Å². The van der Waals surface area contributed by atoms with Crippen LogP contribution < -0.4 is 0 Å². The summed E-state index contributed by atoms with van der Waals surface area (Å²) in [6.45, 7) is 9.45. The molecule has 140 valence electrons. The van der Waals surface area contributed by atoms with Gasteiger partial charge in [0.25, 0.3) is 0 Å². The van der Waals surface area contributed by atoms with Crippen molar-refractivity contribution in [2.45, 2.75) is 39.8 Å². The van der Waals surface area contributed by atoms with Crippen LogP contribution in [0.15, 0.2) is 58.5 Å². The maximum absolute atomic E-state index is 5.97. The van der Waals surface area contributed by atoms with Gasteiger partial charge in [0.2, 0.25) is 0 Å². The smallest absolute Gasteiger partial charge is 0.199 e. The van der Waals surface area contributed by atoms with E-state index in [2.05, 4.69) is 76.2 Å². The Morgan fingerprint density at radius 1 is 0.704 bits per heavy atom. The second-order valence-corrected chi connectivity index (χ2v) is 7.97. The molecule has 2 atom stereocenters. The molecular formula is C23H26N2O2. The second kappa shape index (κ2) is 6.84. The molecule has 0 N–H and O–H groups in total. The molecule has 0 spiro atoms. The Morgan fingerprint density at radius 3 is 1.44 bits per heavy atom. The van der Waals surface area contributed by atoms with E-state index in [4.69, 9.17) is 19.5 Å². The van der Waals surface area contributed by atoms with E-state index in [1.54, 1.807) is 0 Å². The Morgan fingerprint density at radius 2 is 1.07 bits per heavy atom. The highest BCUT2D eigenvalue weighted by molar-refractivity contribution is 6.05. The van der Waals surface area contributed by atoms with Gasteiger partial charge in [0.15, 0.2) is 11.8 Å². The van der Waals surface area contributed by atoms with E-state index in [0.29, 0.717) is 25.0 Å². The molecule has 2 aliphatic rings. The monoisotopic (exact) mass is 362 g/mol. The van der Waals surface area contributed by atoms with Crippen LogP contribution in [-0.4, -0.2) is 25.0 Å². The summed E-state index contributed by atoms with van der Waals surface area (Å²) in [6.07, 6.45) is 0. The lowest BCUT2D eigenvalue weighted by Gasteiger charge is -2.22. The van der Waals surface area contributed by atoms with Crippen LogP contribution in [0.1, 0.15) is 48.2 Å². The van der Waals surface area contributed by atoms with Crippen molar-refractivity contribution in [3.63, 3.8) is 0 Å². The van der Waals surface area contributed by atoms with Gasteiger partial charge in [-0.2, -0.15) is 0 Å². The van der Waals surface area contributed by atoms with E-state index >= 15 is 0 Å². The van der Waals surface area contributed by atoms with Crippen LogP contribution >= 0.6 is 0 Å². The van der Waals surface area contributed by atoms with Crippen LogP contribution in [0.2, 0.25) is 0 Å². The van der Waals surface area contributed by atoms with Gasteiger partial charge in [-0.3, -0.25) is 0 Å². The number of hydrogen-bond acceptors (Lipinski definition) is 4. The van der Waals surface area contributed by atoms with Gasteiger partial charge in [-0.05, 0) is 38.8 Å². The van der Waals surface area contributed by atoms with E-state index in [1.165, 1.54) is 22.3 Å². The lowest BCUT2D eigenvalue weighted by molar-refractivity contribution is 0.265. The molecule has 2 aliphatic heterocycles. The number of nitrogens with zero attached hydrogens (tertiary/aromatic N) is 2. The van der Waals surface area contributed by atoms with Gasteiger partial charge < -0.3 is 9.47 Å². The highest BCUT2D eigenvalue weighted by Gasteiger charge is 2.41. The van der Waals surface area contributed by atoms with E-state index < -0.39 is 5.41 Å². The molecule has 4 rings (SSSR count). The summed E-state index contributed by atoms with van der Waals surface area (Å²) >= 11 is 0. The fourth-order valence-corrected chi connectivity index (χ4v) is 3.44. The fourth-order valence-electron chi connectivity index (χ4n) is 3.44. The maximum Gasteiger partial charge on any atom is 0.199 e. The predicted molar refractivity (Wildman–Crippen MR) is 108 cm³/mol. The van der Waals surface area contributed by atoms with Gasteiger partial charge in [-0.25, -0.2) is 9.98 Å². The first-order valence-electron chi connectivity index (χ1n) is 9.49. The zero-order valence-corrected chi connectivity index (χ0v) is 16.4. The highest BCUT2D eigenvalue weighted by Crippen LogP contribution is 2.35. The lowest BCUT2D eigenvalue weighted by Crippen LogP contribution is -2.34. The van der Waals surface area contributed by atoms with Crippen LogP contribution in [-0.2, 0) is 9.47 Å². The molecule has 0 unspecified atom stereocenters. The standard InChI is InChI=1S/C23H26N2O2/c1-15-5-9-17(10-6-15)19-13-26-21(24-19)23(3,4)22-25-20(14-27-22)18-11-7-16(2)8-12-18/h5-12,19-20H,13-14H2,1-4H3/t19-,20-/m1/s1. The van der Waals surface area contributed by atoms with Crippen LogP contribution in [0.5, 0.6) is 0 Å². The van der Waals surface area contributed by atoms with E-state index in [1.807, 2.05) is 0 Å². The SMILES string of the molecule is Cc1ccc([C@H]2COC(C(C)(C)C3=N[C@@H](c4ccc(C)cc4)CO3)=N2)cc1. The summed E-state index contributed by atoms with van der Waals surface area (Å²) in [4.78, 5) is 9.69. The Bertz CT molecular complexity index is 806. The molecule has 0 fully saturated rings. The molecule has 0 amide bonds. The number of hydrogen-bond donors (Lipinski definition) is 0. The van der Waals surface area contributed by atoms with Gasteiger partial charge >= 0.3 is 0 Å². The third-order valence-electron chi connectivity index (χ3n) is 5.30. The topological polar surface area (TPSA) is 43.2 Å². The quantitative estimate of drug-likeness (QED) is 0.771. The Balaban J connectivity index is 1.54. The molecule has 0 aliphatic carbocycles. The minimum atomic E-state index is -0.473. The van der Waals surface area contributed by atoms with Crippen molar-refractivity contribution in [2.24, 2.45) is 15.4 Å². The van der Waals surface area contributed by atoms with Crippen molar-refractivity contribution in [1.82, 2.24) is 0 Å². The van der Waals surface area contributed by atoms with Crippen molar-refractivity contribution in [2.75, 3.05) is 13.2 Å². The minimum Gasteiger partial charge on any atom is -0.478 e. The third-order valence-corrected chi connectivity index (χ3v) is 5.30. The van der Waals surface area contributed by atoms with Gasteiger partial charge in [0.1, 0.15) is 30.7 Å². The van der Waals surface area contributed by atoms with Gasteiger partial charge in [-0.15, -0.1) is 0 Å². The summed E-state index contributed by atoms with van der Waals surface area (Å²) in [5, 5.41) is 0. The first-order chi connectivity index (χ1) is 12.9. The van der Waals surface area contributed by atoms with Crippen LogP contribution in [0.4, 0.5) is 0 Å². The molecule has 2 aromatic carbocycles. The number of benzene rings is 2. The minimum absolute atomic E-state index is 0.0368. The lowest BCUT2D eigenvalue weighted by atomic mass is 9.93. The van der Waals surface area contributed by atoms with Gasteiger partial charge in [-0.1, -0.05) is 59.7 Å². The van der Waals surface area contributed by atoms with Crippen LogP contribution in [0, 0.1) is 19.3 Å². The molecular weight excluding hydrogens is 336 g/mol. The zero-order chi connectivity index (χ0) is 19.0. The van der Waals surface area contributed by atoms with Crippen molar-refractivity contribution < 1.29 is 9.47 Å². The van der Waals surface area contributed by atoms with E-state index in [0.717, 1.165) is 0 Å². The molecule has 0 saturated carbocycles.